The van der Waals surface area contributed by atoms with E-state index in [0.29, 0.717) is 5.82 Å². The fraction of sp³-hybridized carbons (Fsp3) is 0.333. The highest BCUT2D eigenvalue weighted by atomic mass is 15.1. The van der Waals surface area contributed by atoms with Gasteiger partial charge in [0.25, 0.3) is 0 Å². The van der Waals surface area contributed by atoms with Crippen LogP contribution in [0.1, 0.15) is 32.2 Å². The third-order valence-corrected chi connectivity index (χ3v) is 2.71. The standard InChI is InChI=1S/C15H20N4/c1-10-6-5-7-11(8-10)17-13-9-12(16)18-14(19-13)15(2,3)4/h5-9H,1-4H3,(H3,16,17,18,19). The first-order valence-electron chi connectivity index (χ1n) is 6.33. The van der Waals surface area contributed by atoms with Gasteiger partial charge in [0, 0.05) is 17.2 Å². The molecule has 4 nitrogen and oxygen atoms in total. The minimum atomic E-state index is -0.127. The molecule has 0 aliphatic carbocycles. The van der Waals surface area contributed by atoms with E-state index in [2.05, 4.69) is 55.1 Å². The van der Waals surface area contributed by atoms with Gasteiger partial charge in [0.2, 0.25) is 0 Å². The van der Waals surface area contributed by atoms with E-state index in [1.165, 1.54) is 5.56 Å². The normalized spacial score (nSPS) is 11.4. The van der Waals surface area contributed by atoms with Gasteiger partial charge in [-0.25, -0.2) is 9.97 Å². The maximum atomic E-state index is 5.85. The van der Waals surface area contributed by atoms with Crippen molar-refractivity contribution in [3.63, 3.8) is 0 Å². The molecule has 0 aliphatic heterocycles. The summed E-state index contributed by atoms with van der Waals surface area (Å²) in [5.41, 5.74) is 7.92. The van der Waals surface area contributed by atoms with Gasteiger partial charge < -0.3 is 11.1 Å². The van der Waals surface area contributed by atoms with Gasteiger partial charge in [0.1, 0.15) is 17.5 Å². The summed E-state index contributed by atoms with van der Waals surface area (Å²) in [4.78, 5) is 8.82. The Labute approximate surface area is 114 Å². The zero-order valence-corrected chi connectivity index (χ0v) is 11.9. The number of hydrogen-bond acceptors (Lipinski definition) is 4. The minimum Gasteiger partial charge on any atom is -0.384 e. The van der Waals surface area contributed by atoms with Crippen molar-refractivity contribution in [2.45, 2.75) is 33.1 Å². The summed E-state index contributed by atoms with van der Waals surface area (Å²) in [5.74, 6) is 1.95. The molecule has 2 rings (SSSR count). The van der Waals surface area contributed by atoms with Crippen molar-refractivity contribution < 1.29 is 0 Å². The number of aromatic nitrogens is 2. The van der Waals surface area contributed by atoms with E-state index in [9.17, 15) is 0 Å². The van der Waals surface area contributed by atoms with Crippen LogP contribution >= 0.6 is 0 Å². The maximum Gasteiger partial charge on any atom is 0.138 e. The van der Waals surface area contributed by atoms with E-state index < -0.39 is 0 Å². The topological polar surface area (TPSA) is 63.8 Å². The molecule has 0 saturated carbocycles. The molecule has 0 radical (unpaired) electrons. The molecule has 0 atom stereocenters. The Bertz CT molecular complexity index is 585. The number of aryl methyl sites for hydroxylation is 1. The Hall–Kier alpha value is -2.10. The Kier molecular flexibility index (Phi) is 3.42. The summed E-state index contributed by atoms with van der Waals surface area (Å²) in [7, 11) is 0. The SMILES string of the molecule is Cc1cccc(Nc2cc(N)nc(C(C)(C)C)n2)c1. The lowest BCUT2D eigenvalue weighted by atomic mass is 9.96. The Morgan fingerprint density at radius 2 is 1.84 bits per heavy atom. The monoisotopic (exact) mass is 256 g/mol. The van der Waals surface area contributed by atoms with E-state index in [-0.39, 0.29) is 5.41 Å². The van der Waals surface area contributed by atoms with Crippen LogP contribution in [0.5, 0.6) is 0 Å². The molecule has 3 N–H and O–H groups in total. The summed E-state index contributed by atoms with van der Waals surface area (Å²) in [6, 6.07) is 9.88. The highest BCUT2D eigenvalue weighted by Gasteiger charge is 2.18. The molecular formula is C15H20N4. The second-order valence-electron chi connectivity index (χ2n) is 5.75. The molecule has 1 aromatic heterocycles. The second-order valence-corrected chi connectivity index (χ2v) is 5.75. The molecule has 0 unspecified atom stereocenters. The number of nitrogens with one attached hydrogen (secondary N) is 1. The summed E-state index contributed by atoms with van der Waals surface area (Å²) in [6.45, 7) is 8.26. The molecule has 0 saturated heterocycles. The quantitative estimate of drug-likeness (QED) is 0.864. The van der Waals surface area contributed by atoms with Crippen LogP contribution in [-0.4, -0.2) is 9.97 Å². The Morgan fingerprint density at radius 1 is 1.11 bits per heavy atom. The fourth-order valence-electron chi connectivity index (χ4n) is 1.74. The number of rotatable bonds is 2. The molecular weight excluding hydrogens is 236 g/mol. The van der Waals surface area contributed by atoms with Crippen molar-refractivity contribution in [1.82, 2.24) is 9.97 Å². The number of benzene rings is 1. The van der Waals surface area contributed by atoms with E-state index in [4.69, 9.17) is 5.73 Å². The van der Waals surface area contributed by atoms with Gasteiger partial charge in [-0.05, 0) is 24.6 Å². The minimum absolute atomic E-state index is 0.127. The first-order chi connectivity index (χ1) is 8.84. The van der Waals surface area contributed by atoms with Crippen LogP contribution < -0.4 is 11.1 Å². The first kappa shape index (κ1) is 13.3. The third kappa shape index (κ3) is 3.44. The van der Waals surface area contributed by atoms with Crippen LogP contribution in [0.2, 0.25) is 0 Å². The fourth-order valence-corrected chi connectivity index (χ4v) is 1.74. The second kappa shape index (κ2) is 4.88. The Balaban J connectivity index is 2.33. The third-order valence-electron chi connectivity index (χ3n) is 2.71. The van der Waals surface area contributed by atoms with Gasteiger partial charge >= 0.3 is 0 Å². The summed E-state index contributed by atoms with van der Waals surface area (Å²) in [5, 5.41) is 3.27. The van der Waals surface area contributed by atoms with Crippen molar-refractivity contribution in [2.75, 3.05) is 11.1 Å². The van der Waals surface area contributed by atoms with Crippen molar-refractivity contribution >= 4 is 17.3 Å². The molecule has 1 aromatic carbocycles. The van der Waals surface area contributed by atoms with E-state index in [1.54, 1.807) is 6.07 Å². The molecule has 0 spiro atoms. The first-order valence-corrected chi connectivity index (χ1v) is 6.33. The summed E-state index contributed by atoms with van der Waals surface area (Å²) < 4.78 is 0. The van der Waals surface area contributed by atoms with Crippen LogP contribution in [0.15, 0.2) is 30.3 Å². The van der Waals surface area contributed by atoms with Crippen LogP contribution in [-0.2, 0) is 5.41 Å². The van der Waals surface area contributed by atoms with E-state index in [0.717, 1.165) is 17.3 Å². The number of anilines is 3. The molecule has 0 aliphatic rings. The molecule has 2 aromatic rings. The molecule has 0 amide bonds. The number of nitrogens with two attached hydrogens (primary N) is 1. The highest BCUT2D eigenvalue weighted by Crippen LogP contribution is 2.23. The van der Waals surface area contributed by atoms with E-state index in [1.807, 2.05) is 12.1 Å². The van der Waals surface area contributed by atoms with Gasteiger partial charge in [-0.2, -0.15) is 0 Å². The maximum absolute atomic E-state index is 5.85. The van der Waals surface area contributed by atoms with Gasteiger partial charge in [-0.15, -0.1) is 0 Å². The molecule has 4 heteroatoms. The van der Waals surface area contributed by atoms with Crippen LogP contribution in [0.3, 0.4) is 0 Å². The lowest BCUT2D eigenvalue weighted by Crippen LogP contribution is -2.17. The predicted octanol–water partition coefficient (Wildman–Crippen LogP) is 3.41. The summed E-state index contributed by atoms with van der Waals surface area (Å²) in [6.07, 6.45) is 0. The van der Waals surface area contributed by atoms with E-state index >= 15 is 0 Å². The van der Waals surface area contributed by atoms with Crippen molar-refractivity contribution in [2.24, 2.45) is 0 Å². The smallest absolute Gasteiger partial charge is 0.138 e. The number of nitrogens with zero attached hydrogens (tertiary/aromatic N) is 2. The average Bonchev–Trinajstić information content (AvgIpc) is 2.26. The molecule has 19 heavy (non-hydrogen) atoms. The molecule has 0 bridgehead atoms. The van der Waals surface area contributed by atoms with Gasteiger partial charge in [0.15, 0.2) is 0 Å². The largest absolute Gasteiger partial charge is 0.384 e. The average molecular weight is 256 g/mol. The van der Waals surface area contributed by atoms with Gasteiger partial charge in [-0.1, -0.05) is 32.9 Å². The van der Waals surface area contributed by atoms with Crippen LogP contribution in [0, 0.1) is 6.92 Å². The zero-order chi connectivity index (χ0) is 14.0. The van der Waals surface area contributed by atoms with Crippen LogP contribution in [0.4, 0.5) is 17.3 Å². The highest BCUT2D eigenvalue weighted by molar-refractivity contribution is 5.59. The lowest BCUT2D eigenvalue weighted by Gasteiger charge is -2.18. The van der Waals surface area contributed by atoms with Crippen molar-refractivity contribution in [1.29, 1.82) is 0 Å². The predicted molar refractivity (Wildman–Crippen MR) is 79.6 cm³/mol. The number of nitrogen functional groups attached to an aromatic ring is 1. The Morgan fingerprint density at radius 3 is 2.47 bits per heavy atom. The zero-order valence-electron chi connectivity index (χ0n) is 11.9. The van der Waals surface area contributed by atoms with Crippen LogP contribution in [0.25, 0.3) is 0 Å². The molecule has 1 heterocycles. The summed E-state index contributed by atoms with van der Waals surface area (Å²) >= 11 is 0. The van der Waals surface area contributed by atoms with Crippen molar-refractivity contribution in [3.8, 4) is 0 Å². The van der Waals surface area contributed by atoms with Gasteiger partial charge in [0.05, 0.1) is 0 Å². The molecule has 100 valence electrons. The van der Waals surface area contributed by atoms with Crippen molar-refractivity contribution in [3.05, 3.63) is 41.7 Å². The lowest BCUT2D eigenvalue weighted by molar-refractivity contribution is 0.547. The number of hydrogen-bond donors (Lipinski definition) is 2. The molecule has 0 fully saturated rings. The van der Waals surface area contributed by atoms with Gasteiger partial charge in [-0.3, -0.25) is 0 Å².